The summed E-state index contributed by atoms with van der Waals surface area (Å²) >= 11 is 17.9. The number of rotatable bonds is 5. The molecular weight excluding hydrogens is 453 g/mol. The molecule has 0 radical (unpaired) electrons. The van der Waals surface area contributed by atoms with Gasteiger partial charge in [-0.05, 0) is 42.0 Å². The molecular formula is C23H23Cl2N3O2S. The van der Waals surface area contributed by atoms with Gasteiger partial charge in [-0.15, -0.1) is 0 Å². The molecule has 0 aromatic heterocycles. The zero-order valence-electron chi connectivity index (χ0n) is 17.7. The van der Waals surface area contributed by atoms with Crippen molar-refractivity contribution in [3.8, 4) is 17.6 Å². The van der Waals surface area contributed by atoms with E-state index in [4.69, 9.17) is 44.9 Å². The van der Waals surface area contributed by atoms with Gasteiger partial charge >= 0.3 is 0 Å². The van der Waals surface area contributed by atoms with E-state index in [-0.39, 0.29) is 12.0 Å². The number of benzene rings is 2. The van der Waals surface area contributed by atoms with Crippen molar-refractivity contribution in [2.75, 3.05) is 7.11 Å². The topological polar surface area (TPSA) is 66.3 Å². The van der Waals surface area contributed by atoms with Crippen LogP contribution in [0.2, 0.25) is 10.0 Å². The van der Waals surface area contributed by atoms with E-state index >= 15 is 0 Å². The lowest BCUT2D eigenvalue weighted by molar-refractivity contribution is 0.284. The summed E-state index contributed by atoms with van der Waals surface area (Å²) in [5.41, 5.74) is 2.65. The smallest absolute Gasteiger partial charge is 0.171 e. The van der Waals surface area contributed by atoms with Gasteiger partial charge in [-0.1, -0.05) is 56.1 Å². The molecule has 0 amide bonds. The number of thiocarbonyl (C=S) groups is 1. The van der Waals surface area contributed by atoms with Gasteiger partial charge in [0, 0.05) is 26.7 Å². The first-order chi connectivity index (χ1) is 14.7. The molecule has 1 heterocycles. The predicted octanol–water partition coefficient (Wildman–Crippen LogP) is 5.92. The molecule has 0 aliphatic carbocycles. The average Bonchev–Trinajstić information content (AvgIpc) is 2.72. The lowest BCUT2D eigenvalue weighted by atomic mass is 9.84. The van der Waals surface area contributed by atoms with Crippen LogP contribution in [0.3, 0.4) is 0 Å². The van der Waals surface area contributed by atoms with Gasteiger partial charge in [-0.2, -0.15) is 5.26 Å². The normalized spacial score (nSPS) is 16.3. The molecule has 2 aromatic rings. The van der Waals surface area contributed by atoms with E-state index in [0.29, 0.717) is 37.8 Å². The van der Waals surface area contributed by atoms with Crippen LogP contribution >= 0.6 is 35.4 Å². The van der Waals surface area contributed by atoms with Crippen LogP contribution in [0.25, 0.3) is 0 Å². The van der Waals surface area contributed by atoms with Gasteiger partial charge < -0.3 is 20.1 Å². The van der Waals surface area contributed by atoms with E-state index in [0.717, 1.165) is 11.3 Å². The second-order valence-electron chi connectivity index (χ2n) is 8.08. The van der Waals surface area contributed by atoms with Crippen molar-refractivity contribution in [2.24, 2.45) is 5.41 Å². The van der Waals surface area contributed by atoms with Gasteiger partial charge in [0.2, 0.25) is 0 Å². The fourth-order valence-corrected chi connectivity index (χ4v) is 4.06. The van der Waals surface area contributed by atoms with Crippen LogP contribution in [0.4, 0.5) is 0 Å². The minimum atomic E-state index is -0.395. The number of methoxy groups -OCH3 is 1. The molecule has 0 spiro atoms. The van der Waals surface area contributed by atoms with Gasteiger partial charge in [0.05, 0.1) is 24.8 Å². The number of hydrogen-bond donors (Lipinski definition) is 2. The largest absolute Gasteiger partial charge is 0.493 e. The van der Waals surface area contributed by atoms with Crippen LogP contribution in [0.1, 0.15) is 37.9 Å². The highest BCUT2D eigenvalue weighted by Crippen LogP contribution is 2.38. The Balaban J connectivity index is 1.94. The first kappa shape index (κ1) is 23.2. The van der Waals surface area contributed by atoms with Gasteiger partial charge in [-0.3, -0.25) is 0 Å². The summed E-state index contributed by atoms with van der Waals surface area (Å²) in [7, 11) is 1.57. The molecule has 2 aromatic carbocycles. The lowest BCUT2D eigenvalue weighted by Crippen LogP contribution is -2.46. The predicted molar refractivity (Wildman–Crippen MR) is 127 cm³/mol. The number of halogens is 2. The fourth-order valence-electron chi connectivity index (χ4n) is 3.33. The maximum Gasteiger partial charge on any atom is 0.171 e. The highest BCUT2D eigenvalue weighted by atomic mass is 35.5. The Morgan fingerprint density at radius 1 is 1.13 bits per heavy atom. The number of allylic oxidation sites excluding steroid dienone is 1. The highest BCUT2D eigenvalue weighted by molar-refractivity contribution is 7.80. The van der Waals surface area contributed by atoms with E-state index in [1.54, 1.807) is 31.4 Å². The van der Waals surface area contributed by atoms with Crippen molar-refractivity contribution >= 4 is 40.5 Å². The molecule has 2 N–H and O–H groups in total. The second-order valence-corrected chi connectivity index (χ2v) is 9.30. The Kier molecular flexibility index (Phi) is 7.00. The SMILES string of the molecule is COc1cc([C@@H]2NC(=S)NC(C(C)(C)C)=C2C#N)ccc1OCc1c(Cl)cccc1Cl. The Bertz CT molecular complexity index is 1070. The van der Waals surface area contributed by atoms with Crippen molar-refractivity contribution < 1.29 is 9.47 Å². The summed E-state index contributed by atoms with van der Waals surface area (Å²) in [6, 6.07) is 12.8. The third-order valence-electron chi connectivity index (χ3n) is 4.90. The lowest BCUT2D eigenvalue weighted by Gasteiger charge is -2.35. The van der Waals surface area contributed by atoms with Crippen molar-refractivity contribution in [1.82, 2.24) is 10.6 Å². The average molecular weight is 476 g/mol. The molecule has 1 aliphatic heterocycles. The minimum Gasteiger partial charge on any atom is -0.493 e. The van der Waals surface area contributed by atoms with E-state index < -0.39 is 6.04 Å². The number of nitrogens with zero attached hydrogens (tertiary/aromatic N) is 1. The van der Waals surface area contributed by atoms with Crippen molar-refractivity contribution in [2.45, 2.75) is 33.4 Å². The molecule has 8 heteroatoms. The molecule has 0 saturated carbocycles. The van der Waals surface area contributed by atoms with Crippen LogP contribution in [0, 0.1) is 16.7 Å². The Hall–Kier alpha value is -2.46. The Labute approximate surface area is 197 Å². The summed E-state index contributed by atoms with van der Waals surface area (Å²) < 4.78 is 11.5. The molecule has 0 fully saturated rings. The van der Waals surface area contributed by atoms with Crippen LogP contribution < -0.4 is 20.1 Å². The van der Waals surface area contributed by atoms with Gasteiger partial charge in [0.15, 0.2) is 16.6 Å². The molecule has 1 aliphatic rings. The van der Waals surface area contributed by atoms with Crippen molar-refractivity contribution in [3.63, 3.8) is 0 Å². The molecule has 5 nitrogen and oxygen atoms in total. The van der Waals surface area contributed by atoms with Gasteiger partial charge in [0.1, 0.15) is 6.61 Å². The zero-order chi connectivity index (χ0) is 22.8. The fraction of sp³-hybridized carbons (Fsp3) is 0.304. The van der Waals surface area contributed by atoms with Crippen LogP contribution in [-0.4, -0.2) is 12.2 Å². The van der Waals surface area contributed by atoms with Crippen molar-refractivity contribution in [1.29, 1.82) is 5.26 Å². The van der Waals surface area contributed by atoms with Gasteiger partial charge in [0.25, 0.3) is 0 Å². The Morgan fingerprint density at radius 2 is 1.81 bits per heavy atom. The quantitative estimate of drug-likeness (QED) is 0.522. The first-order valence-corrected chi connectivity index (χ1v) is 10.8. The second kappa shape index (κ2) is 9.35. The summed E-state index contributed by atoms with van der Waals surface area (Å²) in [5, 5.41) is 17.8. The maximum absolute atomic E-state index is 9.87. The standard InChI is InChI=1S/C23H23Cl2N3O2S/c1-23(2,3)21-14(11-26)20(27-22(31)28-21)13-8-9-18(19(10-13)29-4)30-12-15-16(24)6-5-7-17(15)25/h5-10,20H,12H2,1-4H3,(H2,27,28,31)/t20-/m0/s1. The van der Waals surface area contributed by atoms with E-state index in [1.807, 2.05) is 32.9 Å². The third kappa shape index (κ3) is 5.07. The third-order valence-corrected chi connectivity index (χ3v) is 5.83. The number of nitriles is 1. The van der Waals surface area contributed by atoms with E-state index in [2.05, 4.69) is 16.7 Å². The van der Waals surface area contributed by atoms with Crippen LogP contribution in [-0.2, 0) is 6.61 Å². The summed E-state index contributed by atoms with van der Waals surface area (Å²) in [6.45, 7) is 6.31. The zero-order valence-corrected chi connectivity index (χ0v) is 20.0. The molecule has 0 bridgehead atoms. The van der Waals surface area contributed by atoms with Crippen LogP contribution in [0.5, 0.6) is 11.5 Å². The number of ether oxygens (including phenoxy) is 2. The number of nitrogens with one attached hydrogen (secondary N) is 2. The first-order valence-electron chi connectivity index (χ1n) is 9.61. The summed E-state index contributed by atoms with van der Waals surface area (Å²) in [5.74, 6) is 1.07. The van der Waals surface area contributed by atoms with E-state index in [1.165, 1.54) is 0 Å². The molecule has 1 atom stereocenters. The molecule has 3 rings (SSSR count). The van der Waals surface area contributed by atoms with Gasteiger partial charge in [-0.25, -0.2) is 0 Å². The molecule has 162 valence electrons. The molecule has 0 saturated heterocycles. The van der Waals surface area contributed by atoms with E-state index in [9.17, 15) is 5.26 Å². The van der Waals surface area contributed by atoms with Crippen molar-refractivity contribution in [3.05, 3.63) is 68.8 Å². The molecule has 31 heavy (non-hydrogen) atoms. The molecule has 0 unspecified atom stereocenters. The minimum absolute atomic E-state index is 0.196. The summed E-state index contributed by atoms with van der Waals surface area (Å²) in [4.78, 5) is 0. The Morgan fingerprint density at radius 3 is 2.39 bits per heavy atom. The highest BCUT2D eigenvalue weighted by Gasteiger charge is 2.32. The maximum atomic E-state index is 9.87. The number of hydrogen-bond acceptors (Lipinski definition) is 4. The monoisotopic (exact) mass is 475 g/mol. The van der Waals surface area contributed by atoms with Crippen LogP contribution in [0.15, 0.2) is 47.7 Å². The summed E-state index contributed by atoms with van der Waals surface area (Å²) in [6.07, 6.45) is 0.